The summed E-state index contributed by atoms with van der Waals surface area (Å²) in [4.78, 5) is 22.3. The predicted octanol–water partition coefficient (Wildman–Crippen LogP) is 1.06. The lowest BCUT2D eigenvalue weighted by atomic mass is 9.99. The van der Waals surface area contributed by atoms with Crippen molar-refractivity contribution in [2.75, 3.05) is 7.11 Å². The molecule has 0 aromatic rings. The van der Waals surface area contributed by atoms with Gasteiger partial charge in [0.25, 0.3) is 0 Å². The summed E-state index contributed by atoms with van der Waals surface area (Å²) in [6.45, 7) is 5.47. The molecule has 0 spiro atoms. The van der Waals surface area contributed by atoms with Gasteiger partial charge in [0.2, 0.25) is 0 Å². The van der Waals surface area contributed by atoms with Crippen molar-refractivity contribution >= 4 is 11.9 Å². The molecule has 1 aliphatic heterocycles. The third-order valence-electron chi connectivity index (χ3n) is 2.42. The van der Waals surface area contributed by atoms with E-state index in [1.54, 1.807) is 0 Å². The highest BCUT2D eigenvalue weighted by Gasteiger charge is 2.36. The average molecular weight is 198 g/mol. The Hall–Kier alpha value is -1.32. The number of ether oxygens (including phenoxy) is 2. The topological polar surface area (TPSA) is 52.6 Å². The Morgan fingerprint density at radius 1 is 1.71 bits per heavy atom. The van der Waals surface area contributed by atoms with Gasteiger partial charge in [0, 0.05) is 6.42 Å². The van der Waals surface area contributed by atoms with Crippen molar-refractivity contribution in [2.45, 2.75) is 25.9 Å². The van der Waals surface area contributed by atoms with Crippen molar-refractivity contribution in [3.8, 4) is 0 Å². The lowest BCUT2D eigenvalue weighted by Gasteiger charge is -2.09. The first kappa shape index (κ1) is 10.8. The van der Waals surface area contributed by atoms with E-state index >= 15 is 0 Å². The maximum atomic E-state index is 11.2. The molecule has 1 rings (SSSR count). The lowest BCUT2D eigenvalue weighted by molar-refractivity contribution is -0.144. The second-order valence-electron chi connectivity index (χ2n) is 3.28. The maximum Gasteiger partial charge on any atom is 0.336 e. The van der Waals surface area contributed by atoms with Crippen LogP contribution in [0, 0.1) is 5.92 Å². The maximum absolute atomic E-state index is 11.2. The van der Waals surface area contributed by atoms with Crippen molar-refractivity contribution in [2.24, 2.45) is 5.92 Å². The van der Waals surface area contributed by atoms with Crippen LogP contribution in [0.15, 0.2) is 12.2 Å². The van der Waals surface area contributed by atoms with Crippen LogP contribution in [0.2, 0.25) is 0 Å². The fourth-order valence-corrected chi connectivity index (χ4v) is 1.45. The van der Waals surface area contributed by atoms with E-state index in [1.807, 2.05) is 6.92 Å². The zero-order valence-corrected chi connectivity index (χ0v) is 8.41. The van der Waals surface area contributed by atoms with E-state index in [0.717, 1.165) is 6.42 Å². The summed E-state index contributed by atoms with van der Waals surface area (Å²) >= 11 is 0. The van der Waals surface area contributed by atoms with Crippen LogP contribution in [-0.4, -0.2) is 25.2 Å². The summed E-state index contributed by atoms with van der Waals surface area (Å²) in [5.74, 6) is -0.872. The molecule has 1 aliphatic rings. The Balaban J connectivity index is 2.61. The molecule has 0 aliphatic carbocycles. The minimum atomic E-state index is -0.514. The van der Waals surface area contributed by atoms with E-state index in [4.69, 9.17) is 4.74 Å². The summed E-state index contributed by atoms with van der Waals surface area (Å²) in [6.07, 6.45) is 0.757. The molecule has 2 unspecified atom stereocenters. The molecule has 4 nitrogen and oxygen atoms in total. The van der Waals surface area contributed by atoms with Gasteiger partial charge in [-0.2, -0.15) is 0 Å². The molecule has 0 N–H and O–H groups in total. The molecule has 0 amide bonds. The number of methoxy groups -OCH3 is 1. The third-order valence-corrected chi connectivity index (χ3v) is 2.42. The first-order valence-corrected chi connectivity index (χ1v) is 4.57. The normalized spacial score (nSPS) is 25.7. The van der Waals surface area contributed by atoms with Gasteiger partial charge in [-0.15, -0.1) is 0 Å². The highest BCUT2D eigenvalue weighted by molar-refractivity contribution is 5.90. The summed E-state index contributed by atoms with van der Waals surface area (Å²) in [6, 6.07) is 0. The first-order valence-electron chi connectivity index (χ1n) is 4.57. The molecule has 14 heavy (non-hydrogen) atoms. The standard InChI is InChI=1S/C10H14O4/c1-4-7-5-8(14-10(7)12)6(2)9(11)13-3/h7-8H,2,4-5H2,1,3H3. The Bertz CT molecular complexity index is 269. The van der Waals surface area contributed by atoms with Gasteiger partial charge in [0.15, 0.2) is 0 Å². The van der Waals surface area contributed by atoms with E-state index in [0.29, 0.717) is 6.42 Å². The second kappa shape index (κ2) is 4.26. The molecule has 0 aromatic heterocycles. The van der Waals surface area contributed by atoms with E-state index in [9.17, 15) is 9.59 Å². The third kappa shape index (κ3) is 1.95. The smallest absolute Gasteiger partial charge is 0.336 e. The van der Waals surface area contributed by atoms with Crippen LogP contribution in [-0.2, 0) is 19.1 Å². The first-order chi connectivity index (χ1) is 6.60. The largest absolute Gasteiger partial charge is 0.466 e. The molecule has 0 aromatic carbocycles. The predicted molar refractivity (Wildman–Crippen MR) is 49.4 cm³/mol. The average Bonchev–Trinajstić information content (AvgIpc) is 2.57. The number of carbonyl (C=O) groups excluding carboxylic acids is 2. The van der Waals surface area contributed by atoms with Crippen LogP contribution >= 0.6 is 0 Å². The molecule has 0 bridgehead atoms. The van der Waals surface area contributed by atoms with E-state index < -0.39 is 12.1 Å². The van der Waals surface area contributed by atoms with Crippen molar-refractivity contribution in [1.29, 1.82) is 0 Å². The molecule has 0 radical (unpaired) electrons. The number of esters is 2. The van der Waals surface area contributed by atoms with Crippen molar-refractivity contribution < 1.29 is 19.1 Å². The monoisotopic (exact) mass is 198 g/mol. The van der Waals surface area contributed by atoms with Gasteiger partial charge in [0.05, 0.1) is 18.6 Å². The molecule has 78 valence electrons. The molecule has 1 saturated heterocycles. The van der Waals surface area contributed by atoms with Crippen LogP contribution in [0.3, 0.4) is 0 Å². The van der Waals surface area contributed by atoms with Gasteiger partial charge in [0.1, 0.15) is 6.10 Å². The van der Waals surface area contributed by atoms with Gasteiger partial charge in [-0.05, 0) is 6.42 Å². The highest BCUT2D eigenvalue weighted by atomic mass is 16.6. The fourth-order valence-electron chi connectivity index (χ4n) is 1.45. The van der Waals surface area contributed by atoms with Gasteiger partial charge in [-0.3, -0.25) is 4.79 Å². The fraction of sp³-hybridized carbons (Fsp3) is 0.600. The number of hydrogen-bond acceptors (Lipinski definition) is 4. The lowest BCUT2D eigenvalue weighted by Crippen LogP contribution is -2.18. The molecular weight excluding hydrogens is 184 g/mol. The molecule has 2 atom stereocenters. The number of carbonyl (C=O) groups is 2. The van der Waals surface area contributed by atoms with Crippen molar-refractivity contribution in [1.82, 2.24) is 0 Å². The van der Waals surface area contributed by atoms with Crippen LogP contribution in [0.25, 0.3) is 0 Å². The van der Waals surface area contributed by atoms with Gasteiger partial charge < -0.3 is 9.47 Å². The molecule has 1 heterocycles. The molecule has 1 fully saturated rings. The minimum Gasteiger partial charge on any atom is -0.466 e. The van der Waals surface area contributed by atoms with Crippen LogP contribution < -0.4 is 0 Å². The van der Waals surface area contributed by atoms with Crippen LogP contribution in [0.1, 0.15) is 19.8 Å². The highest BCUT2D eigenvalue weighted by Crippen LogP contribution is 2.27. The van der Waals surface area contributed by atoms with Crippen molar-refractivity contribution in [3.63, 3.8) is 0 Å². The van der Waals surface area contributed by atoms with E-state index in [1.165, 1.54) is 7.11 Å². The molecular formula is C10H14O4. The number of cyclic esters (lactones) is 1. The molecule has 4 heteroatoms. The quantitative estimate of drug-likeness (QED) is 0.502. The number of rotatable bonds is 3. The van der Waals surface area contributed by atoms with E-state index in [2.05, 4.69) is 11.3 Å². The SMILES string of the molecule is C=C(C(=O)OC)C1CC(CC)C(=O)O1. The number of hydrogen-bond donors (Lipinski definition) is 0. The molecule has 0 saturated carbocycles. The van der Waals surface area contributed by atoms with Crippen LogP contribution in [0.4, 0.5) is 0 Å². The summed E-state index contributed by atoms with van der Waals surface area (Å²) in [7, 11) is 1.28. The zero-order valence-electron chi connectivity index (χ0n) is 8.41. The Morgan fingerprint density at radius 3 is 2.79 bits per heavy atom. The minimum absolute atomic E-state index is 0.110. The van der Waals surface area contributed by atoms with Gasteiger partial charge >= 0.3 is 11.9 Å². The summed E-state index contributed by atoms with van der Waals surface area (Å²) in [5, 5.41) is 0. The van der Waals surface area contributed by atoms with Crippen molar-refractivity contribution in [3.05, 3.63) is 12.2 Å². The Labute approximate surface area is 82.9 Å². The Morgan fingerprint density at radius 2 is 2.36 bits per heavy atom. The van der Waals surface area contributed by atoms with Crippen LogP contribution in [0.5, 0.6) is 0 Å². The zero-order chi connectivity index (χ0) is 10.7. The van der Waals surface area contributed by atoms with Gasteiger partial charge in [-0.25, -0.2) is 4.79 Å². The van der Waals surface area contributed by atoms with E-state index in [-0.39, 0.29) is 17.5 Å². The Kier molecular flexibility index (Phi) is 3.28. The summed E-state index contributed by atoms with van der Waals surface area (Å²) in [5.41, 5.74) is 0.219. The second-order valence-corrected chi connectivity index (χ2v) is 3.28. The van der Waals surface area contributed by atoms with Gasteiger partial charge in [-0.1, -0.05) is 13.5 Å². The summed E-state index contributed by atoms with van der Waals surface area (Å²) < 4.78 is 9.51.